The molecule has 2 heterocycles. The number of fused-ring (bicyclic) bond motifs is 1. The van der Waals surface area contributed by atoms with Gasteiger partial charge in [0.15, 0.2) is 0 Å². The van der Waals surface area contributed by atoms with Gasteiger partial charge in [0.2, 0.25) is 11.8 Å². The third-order valence-electron chi connectivity index (χ3n) is 3.96. The van der Waals surface area contributed by atoms with Crippen molar-refractivity contribution in [1.82, 2.24) is 30.9 Å². The van der Waals surface area contributed by atoms with Crippen molar-refractivity contribution < 1.29 is 14.0 Å². The third kappa shape index (κ3) is 5.58. The Morgan fingerprint density at radius 2 is 1.82 bits per heavy atom. The molecule has 8 nitrogen and oxygen atoms in total. The number of halogens is 1. The van der Waals surface area contributed by atoms with Gasteiger partial charge in [-0.05, 0) is 24.3 Å². The van der Waals surface area contributed by atoms with Crippen LogP contribution in [0.3, 0.4) is 0 Å². The number of hydrogen-bond donors (Lipinski definition) is 4. The molecule has 0 aliphatic heterocycles. The molecule has 2 aromatic heterocycles. The molecule has 0 aliphatic rings. The van der Waals surface area contributed by atoms with Crippen LogP contribution < -0.4 is 16.0 Å². The summed E-state index contributed by atoms with van der Waals surface area (Å²) in [4.78, 5) is 35.0. The van der Waals surface area contributed by atoms with Crippen molar-refractivity contribution in [1.29, 1.82) is 0 Å². The minimum atomic E-state index is -0.497. The number of para-hydroxylation sites is 2. The molecule has 0 fully saturated rings. The van der Waals surface area contributed by atoms with Gasteiger partial charge in [0.1, 0.15) is 18.1 Å². The van der Waals surface area contributed by atoms with Crippen LogP contribution >= 0.6 is 0 Å². The second kappa shape index (κ2) is 9.56. The van der Waals surface area contributed by atoms with E-state index >= 15 is 0 Å². The molecule has 3 rings (SSSR count). The first-order valence-electron chi connectivity index (χ1n) is 8.89. The van der Waals surface area contributed by atoms with Gasteiger partial charge in [-0.1, -0.05) is 12.1 Å². The predicted octanol–water partition coefficient (Wildman–Crippen LogP) is 1.01. The first kappa shape index (κ1) is 19.4. The zero-order valence-electron chi connectivity index (χ0n) is 15.2. The molecule has 9 heteroatoms. The first-order chi connectivity index (χ1) is 13.6. The molecule has 0 saturated carbocycles. The van der Waals surface area contributed by atoms with Crippen LogP contribution in [-0.2, 0) is 22.7 Å². The van der Waals surface area contributed by atoms with Crippen LogP contribution in [0.15, 0.2) is 42.6 Å². The topological polar surface area (TPSA) is 112 Å². The standard InChI is InChI=1S/C19H21FN6O2/c20-13-4-3-7-22-16(13)11-24-19(28)10-18(27)23-9-8-21-12-17-25-14-5-1-2-6-15(14)26-17/h1-7,21H,8-12H2,(H,23,27)(H,24,28)(H,25,26). The average Bonchev–Trinajstić information content (AvgIpc) is 3.10. The maximum Gasteiger partial charge on any atom is 0.229 e. The number of carbonyl (C=O) groups excluding carboxylic acids is 2. The number of amides is 2. The quantitative estimate of drug-likeness (QED) is 0.325. The summed E-state index contributed by atoms with van der Waals surface area (Å²) in [5.41, 5.74) is 2.01. The van der Waals surface area contributed by atoms with Crippen LogP contribution in [-0.4, -0.2) is 39.9 Å². The van der Waals surface area contributed by atoms with Crippen molar-refractivity contribution in [3.05, 3.63) is 59.9 Å². The minimum Gasteiger partial charge on any atom is -0.354 e. The van der Waals surface area contributed by atoms with Gasteiger partial charge < -0.3 is 20.9 Å². The predicted molar refractivity (Wildman–Crippen MR) is 101 cm³/mol. The fourth-order valence-corrected chi connectivity index (χ4v) is 2.59. The van der Waals surface area contributed by atoms with Crippen molar-refractivity contribution in [3.63, 3.8) is 0 Å². The zero-order valence-corrected chi connectivity index (χ0v) is 15.2. The molecule has 0 saturated heterocycles. The van der Waals surface area contributed by atoms with Crippen molar-refractivity contribution in [2.24, 2.45) is 0 Å². The number of imidazole rings is 1. The van der Waals surface area contributed by atoms with E-state index in [1.165, 1.54) is 18.3 Å². The second-order valence-corrected chi connectivity index (χ2v) is 6.11. The van der Waals surface area contributed by atoms with Crippen LogP contribution in [0, 0.1) is 5.82 Å². The van der Waals surface area contributed by atoms with Gasteiger partial charge in [0.25, 0.3) is 0 Å². The van der Waals surface area contributed by atoms with Gasteiger partial charge in [-0.3, -0.25) is 14.6 Å². The lowest BCUT2D eigenvalue weighted by Crippen LogP contribution is -2.35. The molecular weight excluding hydrogens is 363 g/mol. The summed E-state index contributed by atoms with van der Waals surface area (Å²) in [6.07, 6.45) is 1.12. The minimum absolute atomic E-state index is 0.0577. The Bertz CT molecular complexity index is 925. The van der Waals surface area contributed by atoms with Gasteiger partial charge >= 0.3 is 0 Å². The summed E-state index contributed by atoms with van der Waals surface area (Å²) in [5.74, 6) is -0.571. The maximum atomic E-state index is 13.4. The fraction of sp³-hybridized carbons (Fsp3) is 0.263. The highest BCUT2D eigenvalue weighted by Gasteiger charge is 2.10. The smallest absolute Gasteiger partial charge is 0.229 e. The first-order valence-corrected chi connectivity index (χ1v) is 8.89. The zero-order chi connectivity index (χ0) is 19.8. The van der Waals surface area contributed by atoms with Gasteiger partial charge in [0.05, 0.1) is 29.8 Å². The lowest BCUT2D eigenvalue weighted by atomic mass is 10.3. The second-order valence-electron chi connectivity index (χ2n) is 6.11. The summed E-state index contributed by atoms with van der Waals surface area (Å²) in [7, 11) is 0. The number of aromatic amines is 1. The summed E-state index contributed by atoms with van der Waals surface area (Å²) in [6, 6.07) is 10.5. The molecular formula is C19H21FN6O2. The van der Waals surface area contributed by atoms with Crippen LogP contribution in [0.1, 0.15) is 17.9 Å². The Morgan fingerprint density at radius 3 is 2.64 bits per heavy atom. The van der Waals surface area contributed by atoms with Crippen molar-refractivity contribution in [2.75, 3.05) is 13.1 Å². The van der Waals surface area contributed by atoms with E-state index in [1.54, 1.807) is 0 Å². The molecule has 0 bridgehead atoms. The summed E-state index contributed by atoms with van der Waals surface area (Å²) < 4.78 is 13.4. The number of nitrogens with zero attached hydrogens (tertiary/aromatic N) is 2. The highest BCUT2D eigenvalue weighted by Crippen LogP contribution is 2.09. The van der Waals surface area contributed by atoms with E-state index in [4.69, 9.17) is 0 Å². The highest BCUT2D eigenvalue weighted by molar-refractivity contribution is 5.96. The molecule has 146 valence electrons. The van der Waals surface area contributed by atoms with Crippen molar-refractivity contribution in [2.45, 2.75) is 19.5 Å². The van der Waals surface area contributed by atoms with Gasteiger partial charge in [-0.15, -0.1) is 0 Å². The van der Waals surface area contributed by atoms with E-state index in [-0.39, 0.29) is 18.7 Å². The van der Waals surface area contributed by atoms with Crippen LogP contribution in [0.5, 0.6) is 0 Å². The van der Waals surface area contributed by atoms with E-state index in [0.717, 1.165) is 16.9 Å². The van der Waals surface area contributed by atoms with E-state index in [0.29, 0.717) is 19.6 Å². The number of nitrogens with one attached hydrogen (secondary N) is 4. The summed E-state index contributed by atoms with van der Waals surface area (Å²) >= 11 is 0. The summed E-state index contributed by atoms with van der Waals surface area (Å²) in [5, 5.41) is 8.29. The van der Waals surface area contributed by atoms with Gasteiger partial charge in [-0.2, -0.15) is 0 Å². The number of H-pyrrole nitrogens is 1. The monoisotopic (exact) mass is 384 g/mol. The van der Waals surface area contributed by atoms with Crippen LogP contribution in [0.25, 0.3) is 11.0 Å². The molecule has 4 N–H and O–H groups in total. The van der Waals surface area contributed by atoms with Crippen LogP contribution in [0.2, 0.25) is 0 Å². The Kier molecular flexibility index (Phi) is 6.64. The van der Waals surface area contributed by atoms with E-state index < -0.39 is 17.6 Å². The summed E-state index contributed by atoms with van der Waals surface area (Å²) in [6.45, 7) is 1.39. The third-order valence-corrected chi connectivity index (χ3v) is 3.96. The maximum absolute atomic E-state index is 13.4. The van der Waals surface area contributed by atoms with E-state index in [1.807, 2.05) is 24.3 Å². The molecule has 0 aliphatic carbocycles. The molecule has 0 atom stereocenters. The molecule has 0 spiro atoms. The Morgan fingerprint density at radius 1 is 1.00 bits per heavy atom. The highest BCUT2D eigenvalue weighted by atomic mass is 19.1. The van der Waals surface area contributed by atoms with Crippen molar-refractivity contribution in [3.8, 4) is 0 Å². The van der Waals surface area contributed by atoms with Gasteiger partial charge in [0, 0.05) is 19.3 Å². The Balaban J connectivity index is 1.29. The van der Waals surface area contributed by atoms with Crippen LogP contribution in [0.4, 0.5) is 4.39 Å². The Labute approximate surface area is 161 Å². The van der Waals surface area contributed by atoms with Gasteiger partial charge in [-0.25, -0.2) is 9.37 Å². The molecule has 28 heavy (non-hydrogen) atoms. The normalized spacial score (nSPS) is 10.8. The lowest BCUT2D eigenvalue weighted by molar-refractivity contribution is -0.129. The molecule has 3 aromatic rings. The fourth-order valence-electron chi connectivity index (χ4n) is 2.59. The molecule has 0 unspecified atom stereocenters. The molecule has 1 aromatic carbocycles. The Hall–Kier alpha value is -3.33. The average molecular weight is 384 g/mol. The number of aromatic nitrogens is 3. The number of pyridine rings is 1. The number of carbonyl (C=O) groups is 2. The lowest BCUT2D eigenvalue weighted by Gasteiger charge is -2.07. The van der Waals surface area contributed by atoms with E-state index in [2.05, 4.69) is 30.9 Å². The number of rotatable bonds is 9. The SMILES string of the molecule is O=C(CC(=O)NCc1ncccc1F)NCCNCc1nc2ccccc2[nH]1. The number of hydrogen-bond acceptors (Lipinski definition) is 5. The number of benzene rings is 1. The largest absolute Gasteiger partial charge is 0.354 e. The van der Waals surface area contributed by atoms with Crippen molar-refractivity contribution >= 4 is 22.8 Å². The molecule has 0 radical (unpaired) electrons. The van der Waals surface area contributed by atoms with E-state index in [9.17, 15) is 14.0 Å². The molecule has 2 amide bonds.